The molecule has 5 heteroatoms. The number of aromatic nitrogens is 1. The molecule has 0 bridgehead atoms. The number of nitrogens with one attached hydrogen (secondary N) is 1. The molecule has 2 aromatic rings. The third-order valence-corrected chi connectivity index (χ3v) is 5.19. The minimum Gasteiger partial charge on any atom is -0.310 e. The van der Waals surface area contributed by atoms with Crippen molar-refractivity contribution in [1.82, 2.24) is 10.3 Å². The molecule has 0 saturated carbocycles. The molecule has 1 N–H and O–H groups in total. The third-order valence-electron chi connectivity index (χ3n) is 2.52. The minimum atomic E-state index is 0.485. The summed E-state index contributed by atoms with van der Waals surface area (Å²) < 4.78 is 2.22. The average molecular weight is 357 g/mol. The first-order valence-electron chi connectivity index (χ1n) is 6.16. The van der Waals surface area contributed by atoms with Gasteiger partial charge in [-0.3, -0.25) is 0 Å². The Balaban J connectivity index is 2.18. The average Bonchev–Trinajstić information content (AvgIpc) is 2.75. The molecule has 0 aliphatic heterocycles. The largest absolute Gasteiger partial charge is 0.310 e. The van der Waals surface area contributed by atoms with Crippen molar-refractivity contribution in [2.75, 3.05) is 0 Å². The summed E-state index contributed by atoms with van der Waals surface area (Å²) in [6.45, 7) is 7.23. The minimum absolute atomic E-state index is 0.485. The molecular formula is C14H17BrN2S2. The van der Waals surface area contributed by atoms with Crippen LogP contribution in [-0.4, -0.2) is 11.0 Å². The third kappa shape index (κ3) is 4.60. The van der Waals surface area contributed by atoms with Crippen molar-refractivity contribution < 1.29 is 0 Å². The van der Waals surface area contributed by atoms with Gasteiger partial charge in [-0.25, -0.2) is 4.98 Å². The van der Waals surface area contributed by atoms with Gasteiger partial charge < -0.3 is 5.32 Å². The van der Waals surface area contributed by atoms with Gasteiger partial charge in [0.15, 0.2) is 4.34 Å². The van der Waals surface area contributed by atoms with Gasteiger partial charge >= 0.3 is 0 Å². The van der Waals surface area contributed by atoms with Crippen molar-refractivity contribution in [2.24, 2.45) is 0 Å². The summed E-state index contributed by atoms with van der Waals surface area (Å²) in [6, 6.07) is 6.90. The maximum Gasteiger partial charge on any atom is 0.154 e. The number of rotatable bonds is 5. The van der Waals surface area contributed by atoms with Gasteiger partial charge in [0.2, 0.25) is 0 Å². The molecule has 0 aliphatic carbocycles. The van der Waals surface area contributed by atoms with Crippen LogP contribution in [0.25, 0.3) is 0 Å². The van der Waals surface area contributed by atoms with E-state index < -0.39 is 0 Å². The van der Waals surface area contributed by atoms with Gasteiger partial charge in [0.05, 0.1) is 0 Å². The first-order valence-corrected chi connectivity index (χ1v) is 8.65. The van der Waals surface area contributed by atoms with Crippen LogP contribution in [0, 0.1) is 6.92 Å². The number of nitrogens with zero attached hydrogens (tertiary/aromatic N) is 1. The van der Waals surface area contributed by atoms with Crippen molar-refractivity contribution in [3.63, 3.8) is 0 Å². The van der Waals surface area contributed by atoms with Crippen LogP contribution in [0.5, 0.6) is 0 Å². The van der Waals surface area contributed by atoms with Gasteiger partial charge in [-0.1, -0.05) is 41.5 Å². The van der Waals surface area contributed by atoms with Crippen LogP contribution < -0.4 is 5.32 Å². The molecule has 102 valence electrons. The molecule has 19 heavy (non-hydrogen) atoms. The Bertz CT molecular complexity index is 552. The van der Waals surface area contributed by atoms with Gasteiger partial charge in [-0.05, 0) is 30.7 Å². The highest BCUT2D eigenvalue weighted by Gasteiger charge is 2.08. The van der Waals surface area contributed by atoms with E-state index in [1.54, 1.807) is 23.1 Å². The molecule has 1 aromatic carbocycles. The fourth-order valence-corrected chi connectivity index (χ4v) is 3.88. The van der Waals surface area contributed by atoms with Crippen molar-refractivity contribution in [2.45, 2.75) is 42.6 Å². The topological polar surface area (TPSA) is 24.9 Å². The second kappa shape index (κ2) is 6.88. The first kappa shape index (κ1) is 15.0. The first-order chi connectivity index (χ1) is 9.04. The number of hydrogen-bond donors (Lipinski definition) is 1. The fraction of sp³-hybridized carbons (Fsp3) is 0.357. The molecule has 0 amide bonds. The van der Waals surface area contributed by atoms with Crippen LogP contribution in [0.2, 0.25) is 0 Å². The molecule has 0 spiro atoms. The number of aryl methyl sites for hydroxylation is 1. The quantitative estimate of drug-likeness (QED) is 0.827. The SMILES string of the molecule is Cc1csc(Sc2ccc(Br)cc2CNC(C)C)n1. The number of hydrogen-bond acceptors (Lipinski definition) is 4. The highest BCUT2D eigenvalue weighted by Crippen LogP contribution is 2.33. The van der Waals surface area contributed by atoms with E-state index in [-0.39, 0.29) is 0 Å². The Hall–Kier alpha value is -0.360. The van der Waals surface area contributed by atoms with Gasteiger partial charge in [-0.15, -0.1) is 11.3 Å². The molecule has 1 heterocycles. The van der Waals surface area contributed by atoms with Crippen LogP contribution >= 0.6 is 39.0 Å². The predicted octanol–water partition coefficient (Wildman–Crippen LogP) is 4.86. The van der Waals surface area contributed by atoms with E-state index in [2.05, 4.69) is 63.7 Å². The maximum atomic E-state index is 4.51. The van der Waals surface area contributed by atoms with Gasteiger partial charge in [0.1, 0.15) is 0 Å². The second-order valence-electron chi connectivity index (χ2n) is 4.64. The van der Waals surface area contributed by atoms with Gasteiger partial charge in [0.25, 0.3) is 0 Å². The highest BCUT2D eigenvalue weighted by atomic mass is 79.9. The second-order valence-corrected chi connectivity index (χ2v) is 7.71. The normalized spacial score (nSPS) is 11.2. The molecular weight excluding hydrogens is 340 g/mol. The van der Waals surface area contributed by atoms with Crippen LogP contribution in [0.3, 0.4) is 0 Å². The van der Waals surface area contributed by atoms with E-state index >= 15 is 0 Å². The molecule has 0 fully saturated rings. The summed E-state index contributed by atoms with van der Waals surface area (Å²) >= 11 is 6.99. The van der Waals surface area contributed by atoms with E-state index in [4.69, 9.17) is 0 Å². The summed E-state index contributed by atoms with van der Waals surface area (Å²) in [5.74, 6) is 0. The number of halogens is 1. The fourth-order valence-electron chi connectivity index (χ4n) is 1.57. The molecule has 0 atom stereocenters. The Kier molecular flexibility index (Phi) is 5.45. The van der Waals surface area contributed by atoms with Crippen LogP contribution in [0.15, 0.2) is 37.3 Å². The zero-order valence-corrected chi connectivity index (χ0v) is 14.5. The monoisotopic (exact) mass is 356 g/mol. The molecule has 2 nitrogen and oxygen atoms in total. The summed E-state index contributed by atoms with van der Waals surface area (Å²) in [5.41, 5.74) is 2.40. The summed E-state index contributed by atoms with van der Waals surface area (Å²) in [5, 5.41) is 5.56. The van der Waals surface area contributed by atoms with Crippen LogP contribution in [0.4, 0.5) is 0 Å². The predicted molar refractivity (Wildman–Crippen MR) is 87.1 cm³/mol. The Labute approximate surface area is 131 Å². The van der Waals surface area contributed by atoms with Crippen molar-refractivity contribution in [3.05, 3.63) is 39.3 Å². The lowest BCUT2D eigenvalue weighted by Gasteiger charge is -2.12. The molecule has 0 aliphatic rings. The number of benzene rings is 1. The van der Waals surface area contributed by atoms with E-state index in [1.807, 2.05) is 6.92 Å². The van der Waals surface area contributed by atoms with Crippen molar-refractivity contribution in [1.29, 1.82) is 0 Å². The zero-order chi connectivity index (χ0) is 13.8. The highest BCUT2D eigenvalue weighted by molar-refractivity contribution is 9.10. The molecule has 1 aromatic heterocycles. The van der Waals surface area contributed by atoms with Crippen LogP contribution in [0.1, 0.15) is 25.1 Å². The van der Waals surface area contributed by atoms with E-state index in [1.165, 1.54) is 10.5 Å². The lowest BCUT2D eigenvalue weighted by Crippen LogP contribution is -2.22. The molecule has 2 rings (SSSR count). The van der Waals surface area contributed by atoms with E-state index in [9.17, 15) is 0 Å². The van der Waals surface area contributed by atoms with Crippen LogP contribution in [-0.2, 0) is 6.54 Å². The summed E-state index contributed by atoms with van der Waals surface area (Å²) in [7, 11) is 0. The van der Waals surface area contributed by atoms with Crippen molar-refractivity contribution in [3.8, 4) is 0 Å². The van der Waals surface area contributed by atoms with E-state index in [0.29, 0.717) is 6.04 Å². The number of thiazole rings is 1. The molecule has 0 radical (unpaired) electrons. The standard InChI is InChI=1S/C14H17BrN2S2/c1-9(2)16-7-11-6-12(15)4-5-13(11)19-14-17-10(3)8-18-14/h4-6,8-9,16H,7H2,1-3H3. The molecule has 0 saturated heterocycles. The van der Waals surface area contributed by atoms with E-state index in [0.717, 1.165) is 21.1 Å². The Morgan fingerprint density at radius 2 is 2.21 bits per heavy atom. The maximum absolute atomic E-state index is 4.51. The van der Waals surface area contributed by atoms with Crippen molar-refractivity contribution >= 4 is 39.0 Å². The summed E-state index contributed by atoms with van der Waals surface area (Å²) in [4.78, 5) is 5.78. The summed E-state index contributed by atoms with van der Waals surface area (Å²) in [6.07, 6.45) is 0. The zero-order valence-electron chi connectivity index (χ0n) is 11.2. The Morgan fingerprint density at radius 3 is 2.84 bits per heavy atom. The lowest BCUT2D eigenvalue weighted by molar-refractivity contribution is 0.584. The Morgan fingerprint density at radius 1 is 1.42 bits per heavy atom. The molecule has 0 unspecified atom stereocenters. The smallest absolute Gasteiger partial charge is 0.154 e. The van der Waals surface area contributed by atoms with Gasteiger partial charge in [0, 0.05) is 33.0 Å². The lowest BCUT2D eigenvalue weighted by atomic mass is 10.2. The van der Waals surface area contributed by atoms with Gasteiger partial charge in [-0.2, -0.15) is 0 Å².